The summed E-state index contributed by atoms with van der Waals surface area (Å²) in [6.45, 7) is 0.905. The number of pyridine rings is 1. The molecule has 39 heavy (non-hydrogen) atoms. The fourth-order valence-electron chi connectivity index (χ4n) is 5.25. The van der Waals surface area contributed by atoms with E-state index in [9.17, 15) is 13.2 Å². The number of halogens is 1. The van der Waals surface area contributed by atoms with E-state index in [1.807, 2.05) is 22.9 Å². The normalized spacial score (nSPS) is 14.2. The average molecular weight is 562 g/mol. The van der Waals surface area contributed by atoms with Gasteiger partial charge < -0.3 is 4.57 Å². The molecule has 0 bridgehead atoms. The second-order valence-electron chi connectivity index (χ2n) is 10.2. The first-order valence-electron chi connectivity index (χ1n) is 12.6. The number of hydrogen-bond acceptors (Lipinski definition) is 6. The fraction of sp³-hybridized carbons (Fsp3) is 0.259. The number of hydrogen-bond donors (Lipinski definition) is 0. The van der Waals surface area contributed by atoms with Crippen LogP contribution in [0.15, 0.2) is 64.8 Å². The predicted octanol–water partition coefficient (Wildman–Crippen LogP) is 3.91. The van der Waals surface area contributed by atoms with E-state index in [0.29, 0.717) is 52.1 Å². The fourth-order valence-corrected chi connectivity index (χ4v) is 6.10. The average Bonchev–Trinajstić information content (AvgIpc) is 3.25. The van der Waals surface area contributed by atoms with E-state index in [4.69, 9.17) is 16.7 Å². The van der Waals surface area contributed by atoms with E-state index in [1.165, 1.54) is 6.26 Å². The first-order chi connectivity index (χ1) is 18.7. The maximum Gasteiger partial charge on any atom is 0.335 e. The molecule has 0 aliphatic heterocycles. The lowest BCUT2D eigenvalue weighted by molar-refractivity contribution is 0.595. The summed E-state index contributed by atoms with van der Waals surface area (Å²) in [7, 11) is -1.65. The number of aryl methyl sites for hydroxylation is 1. The molecule has 1 aliphatic rings. The van der Waals surface area contributed by atoms with Crippen LogP contribution in [0.2, 0.25) is 5.02 Å². The van der Waals surface area contributed by atoms with Crippen molar-refractivity contribution in [2.24, 2.45) is 13.0 Å². The molecule has 0 saturated heterocycles. The molecule has 1 aliphatic carbocycles. The lowest BCUT2D eigenvalue weighted by Crippen LogP contribution is -2.27. The van der Waals surface area contributed by atoms with Crippen molar-refractivity contribution in [3.05, 3.63) is 76.2 Å². The second-order valence-corrected chi connectivity index (χ2v) is 12.7. The SMILES string of the molecule is Cn1cc(S(C)(=O)=O)cc1-c1c2c(nn1Cc1ccnc3ccc(Cl)cc13)n(CC1CC1)c(=O)n1ccnc21. The third kappa shape index (κ3) is 3.95. The van der Waals surface area contributed by atoms with Gasteiger partial charge in [0.2, 0.25) is 0 Å². The maximum absolute atomic E-state index is 13.5. The zero-order valence-corrected chi connectivity index (χ0v) is 22.8. The zero-order chi connectivity index (χ0) is 27.1. The standard InChI is InChI=1S/C27H24ClN7O3S/c1-32-15-19(39(2,37)38)12-22(32)24-23-25-30-9-10-33(25)27(36)34(13-16-3-4-16)26(23)31-35(24)14-17-7-8-29-21-6-5-18(28)11-20(17)21/h5-12,15-16H,3-4,13-14H2,1-2H3. The van der Waals surface area contributed by atoms with Crippen LogP contribution in [0.5, 0.6) is 0 Å². The molecule has 12 heteroatoms. The molecule has 1 saturated carbocycles. The van der Waals surface area contributed by atoms with Gasteiger partial charge in [0.05, 0.1) is 33.7 Å². The lowest BCUT2D eigenvalue weighted by Gasteiger charge is -2.11. The molecule has 198 valence electrons. The third-order valence-electron chi connectivity index (χ3n) is 7.39. The number of imidazole rings is 1. The monoisotopic (exact) mass is 561 g/mol. The van der Waals surface area contributed by atoms with E-state index in [-0.39, 0.29) is 10.6 Å². The van der Waals surface area contributed by atoms with Gasteiger partial charge in [-0.25, -0.2) is 18.2 Å². The highest BCUT2D eigenvalue weighted by Gasteiger charge is 2.29. The minimum absolute atomic E-state index is 0.192. The van der Waals surface area contributed by atoms with Gasteiger partial charge >= 0.3 is 5.69 Å². The highest BCUT2D eigenvalue weighted by molar-refractivity contribution is 7.90. The Morgan fingerprint density at radius 2 is 1.90 bits per heavy atom. The molecule has 7 rings (SSSR count). The summed E-state index contributed by atoms with van der Waals surface area (Å²) in [6.07, 6.45) is 9.93. The molecule has 0 spiro atoms. The number of aromatic nitrogens is 7. The minimum atomic E-state index is -3.46. The summed E-state index contributed by atoms with van der Waals surface area (Å²) in [6, 6.07) is 9.13. The summed E-state index contributed by atoms with van der Waals surface area (Å²) < 4.78 is 31.8. The second kappa shape index (κ2) is 8.52. The van der Waals surface area contributed by atoms with Crippen LogP contribution in [0.3, 0.4) is 0 Å². The van der Waals surface area contributed by atoms with Gasteiger partial charge in [0, 0.05) is 55.0 Å². The Bertz CT molecular complexity index is 2120. The molecule has 0 amide bonds. The van der Waals surface area contributed by atoms with Gasteiger partial charge in [-0.2, -0.15) is 5.10 Å². The molecule has 5 heterocycles. The third-order valence-corrected chi connectivity index (χ3v) is 8.71. The van der Waals surface area contributed by atoms with Crippen LogP contribution < -0.4 is 5.69 Å². The summed E-state index contributed by atoms with van der Waals surface area (Å²) in [5, 5.41) is 7.19. The number of benzene rings is 1. The van der Waals surface area contributed by atoms with Crippen molar-refractivity contribution in [2.45, 2.75) is 30.8 Å². The van der Waals surface area contributed by atoms with E-state index in [0.717, 1.165) is 29.3 Å². The predicted molar refractivity (Wildman–Crippen MR) is 149 cm³/mol. The van der Waals surface area contributed by atoms with Gasteiger partial charge in [-0.3, -0.25) is 18.6 Å². The van der Waals surface area contributed by atoms with Crippen molar-refractivity contribution >= 4 is 49.0 Å². The van der Waals surface area contributed by atoms with E-state index >= 15 is 0 Å². The highest BCUT2D eigenvalue weighted by Crippen LogP contribution is 2.36. The smallest absolute Gasteiger partial charge is 0.335 e. The van der Waals surface area contributed by atoms with Crippen LogP contribution in [-0.4, -0.2) is 48.0 Å². The van der Waals surface area contributed by atoms with Crippen molar-refractivity contribution in [1.82, 2.24) is 33.3 Å². The van der Waals surface area contributed by atoms with E-state index < -0.39 is 9.84 Å². The Morgan fingerprint density at radius 3 is 2.64 bits per heavy atom. The van der Waals surface area contributed by atoms with E-state index in [1.54, 1.807) is 57.5 Å². The van der Waals surface area contributed by atoms with Gasteiger partial charge in [-0.1, -0.05) is 11.6 Å². The van der Waals surface area contributed by atoms with Gasteiger partial charge in [-0.15, -0.1) is 0 Å². The molecular weight excluding hydrogens is 538 g/mol. The quantitative estimate of drug-likeness (QED) is 0.305. The molecule has 5 aromatic heterocycles. The number of rotatable bonds is 6. The van der Waals surface area contributed by atoms with Crippen molar-refractivity contribution in [3.8, 4) is 11.4 Å². The van der Waals surface area contributed by atoms with Crippen LogP contribution in [0, 0.1) is 5.92 Å². The van der Waals surface area contributed by atoms with E-state index in [2.05, 4.69) is 9.97 Å². The van der Waals surface area contributed by atoms with Crippen molar-refractivity contribution in [1.29, 1.82) is 0 Å². The Labute approximate surface area is 228 Å². The number of fused-ring (bicyclic) bond motifs is 4. The molecule has 0 N–H and O–H groups in total. The van der Waals surface area contributed by atoms with Crippen molar-refractivity contribution in [3.63, 3.8) is 0 Å². The van der Waals surface area contributed by atoms with Crippen LogP contribution in [-0.2, 0) is 30.0 Å². The first-order valence-corrected chi connectivity index (χ1v) is 14.8. The number of nitrogens with zero attached hydrogens (tertiary/aromatic N) is 7. The van der Waals surface area contributed by atoms with Crippen molar-refractivity contribution < 1.29 is 8.42 Å². The Morgan fingerprint density at radius 1 is 1.08 bits per heavy atom. The van der Waals surface area contributed by atoms with Crippen molar-refractivity contribution in [2.75, 3.05) is 6.26 Å². The summed E-state index contributed by atoms with van der Waals surface area (Å²) in [4.78, 5) is 22.7. The molecule has 1 aromatic carbocycles. The Balaban J connectivity index is 1.56. The lowest BCUT2D eigenvalue weighted by atomic mass is 10.1. The maximum atomic E-state index is 13.5. The Hall–Kier alpha value is -3.96. The molecule has 0 unspecified atom stereocenters. The zero-order valence-electron chi connectivity index (χ0n) is 21.2. The molecule has 10 nitrogen and oxygen atoms in total. The van der Waals surface area contributed by atoms with Gasteiger partial charge in [-0.05, 0) is 54.7 Å². The molecule has 6 aromatic rings. The van der Waals surface area contributed by atoms with Gasteiger partial charge in [0.1, 0.15) is 0 Å². The van der Waals surface area contributed by atoms with Crippen LogP contribution in [0.25, 0.3) is 39.0 Å². The topological polar surface area (TPSA) is 109 Å². The molecular formula is C27H24ClN7O3S. The van der Waals surface area contributed by atoms with Crippen LogP contribution in [0.1, 0.15) is 18.4 Å². The Kier molecular flexibility index (Phi) is 5.27. The largest absolute Gasteiger partial charge is 0.348 e. The molecule has 1 fully saturated rings. The summed E-state index contributed by atoms with van der Waals surface area (Å²) in [5.74, 6) is 0.429. The van der Waals surface area contributed by atoms with Crippen LogP contribution in [0.4, 0.5) is 0 Å². The number of sulfone groups is 1. The minimum Gasteiger partial charge on any atom is -0.348 e. The van der Waals surface area contributed by atoms with Gasteiger partial charge in [0.15, 0.2) is 21.1 Å². The molecule has 0 radical (unpaired) electrons. The summed E-state index contributed by atoms with van der Waals surface area (Å²) >= 11 is 6.34. The molecule has 0 atom stereocenters. The summed E-state index contributed by atoms with van der Waals surface area (Å²) in [5.41, 5.74) is 3.88. The first kappa shape index (κ1) is 24.1. The van der Waals surface area contributed by atoms with Gasteiger partial charge in [0.25, 0.3) is 0 Å². The van der Waals surface area contributed by atoms with Crippen LogP contribution >= 0.6 is 11.6 Å². The highest BCUT2D eigenvalue weighted by atomic mass is 35.5.